The van der Waals surface area contributed by atoms with Crippen molar-refractivity contribution in [2.45, 2.75) is 166 Å². The van der Waals surface area contributed by atoms with Crippen LogP contribution in [0.1, 0.15) is 99.8 Å². The summed E-state index contributed by atoms with van der Waals surface area (Å²) < 4.78 is 45.0. The monoisotopic (exact) mass is 714 g/mol. The summed E-state index contributed by atoms with van der Waals surface area (Å²) in [5, 5.41) is 23.5. The fourth-order valence-corrected chi connectivity index (χ4v) is 9.27. The van der Waals surface area contributed by atoms with Crippen LogP contribution in [0.5, 0.6) is 0 Å². The van der Waals surface area contributed by atoms with Crippen molar-refractivity contribution in [3.05, 3.63) is 47.1 Å². The average Bonchev–Trinajstić information content (AvgIpc) is 3.44. The Balaban J connectivity index is 1.38. The molecule has 5 aliphatic heterocycles. The zero-order valence-corrected chi connectivity index (χ0v) is 31.9. The number of methoxy groups -OCH3 is 1. The van der Waals surface area contributed by atoms with Crippen LogP contribution in [0.25, 0.3) is 0 Å². The number of esters is 1. The van der Waals surface area contributed by atoms with Gasteiger partial charge in [0.15, 0.2) is 12.1 Å². The van der Waals surface area contributed by atoms with Gasteiger partial charge >= 0.3 is 5.97 Å². The minimum Gasteiger partial charge on any atom is -0.462 e. The van der Waals surface area contributed by atoms with Crippen LogP contribution in [-0.2, 0) is 38.0 Å². The maximum atomic E-state index is 14.2. The molecular weight excluding hydrogens is 652 g/mol. The Morgan fingerprint density at radius 3 is 2.61 bits per heavy atom. The van der Waals surface area contributed by atoms with Gasteiger partial charge in [0.05, 0.1) is 37.1 Å². The Labute approximate surface area is 304 Å². The van der Waals surface area contributed by atoms with Crippen LogP contribution in [0.15, 0.2) is 47.1 Å². The molecule has 10 heteroatoms. The zero-order valence-electron chi connectivity index (χ0n) is 31.9. The SMILES string of the molecule is CC[C@H](C)C1O[C@]2(CC[C@@H]1C)C[C@@H]1C[C@@H](C/C=C(\C)[C@@H](O[C@H]3C[C@H](OC)C[C@H](C)O3)[C@@H](C)/C=C/C=C3\CO[C@@H]4[C@H](O)C(C)=CC(C(=O)O1)C34O)O2. The summed E-state index contributed by atoms with van der Waals surface area (Å²) in [6, 6.07) is 0. The maximum Gasteiger partial charge on any atom is 0.316 e. The number of rotatable bonds is 5. The van der Waals surface area contributed by atoms with Gasteiger partial charge in [-0.2, -0.15) is 0 Å². The highest BCUT2D eigenvalue weighted by Gasteiger charge is 2.60. The van der Waals surface area contributed by atoms with E-state index in [1.807, 2.05) is 25.2 Å². The highest BCUT2D eigenvalue weighted by Crippen LogP contribution is 2.48. The van der Waals surface area contributed by atoms with Crippen molar-refractivity contribution < 1.29 is 48.2 Å². The fourth-order valence-electron chi connectivity index (χ4n) is 9.27. The Bertz CT molecular complexity index is 1370. The molecule has 6 aliphatic rings. The molecule has 0 aromatic heterocycles. The first kappa shape index (κ1) is 38.8. The van der Waals surface area contributed by atoms with Gasteiger partial charge in [-0.3, -0.25) is 4.79 Å². The molecule has 10 nitrogen and oxygen atoms in total. The third-order valence-electron chi connectivity index (χ3n) is 12.5. The molecule has 0 radical (unpaired) electrons. The lowest BCUT2D eigenvalue weighted by Crippen LogP contribution is -2.58. The Morgan fingerprint density at radius 1 is 1.08 bits per heavy atom. The topological polar surface area (TPSA) is 122 Å². The summed E-state index contributed by atoms with van der Waals surface area (Å²) >= 11 is 0. The number of hydrogen-bond donors (Lipinski definition) is 2. The molecule has 4 saturated heterocycles. The van der Waals surface area contributed by atoms with Crippen molar-refractivity contribution in [3.63, 3.8) is 0 Å². The number of allylic oxidation sites excluding steroid dienone is 2. The predicted molar refractivity (Wildman–Crippen MR) is 191 cm³/mol. The van der Waals surface area contributed by atoms with Gasteiger partial charge in [0.1, 0.15) is 29.8 Å². The molecule has 51 heavy (non-hydrogen) atoms. The smallest absolute Gasteiger partial charge is 0.316 e. The first-order chi connectivity index (χ1) is 24.3. The van der Waals surface area contributed by atoms with Crippen LogP contribution in [-0.4, -0.2) is 96.4 Å². The van der Waals surface area contributed by atoms with E-state index in [1.165, 1.54) is 0 Å². The molecule has 1 aliphatic carbocycles. The van der Waals surface area contributed by atoms with Crippen LogP contribution in [0.2, 0.25) is 0 Å². The molecule has 286 valence electrons. The van der Waals surface area contributed by atoms with Crippen LogP contribution in [0, 0.1) is 23.7 Å². The number of aliphatic hydroxyl groups excluding tert-OH is 1. The number of carbonyl (C=O) groups is 1. The predicted octanol–water partition coefficient (Wildman–Crippen LogP) is 6.10. The summed E-state index contributed by atoms with van der Waals surface area (Å²) in [5.74, 6) is -1.80. The van der Waals surface area contributed by atoms with E-state index < -0.39 is 47.9 Å². The normalized spacial score (nSPS) is 48.4. The van der Waals surface area contributed by atoms with Gasteiger partial charge in [0, 0.05) is 38.7 Å². The number of fused-ring (bicyclic) bond motifs is 2. The highest BCUT2D eigenvalue weighted by molar-refractivity contribution is 5.78. The van der Waals surface area contributed by atoms with Crippen molar-refractivity contribution in [3.8, 4) is 0 Å². The lowest BCUT2D eigenvalue weighted by Gasteiger charge is -2.51. The summed E-state index contributed by atoms with van der Waals surface area (Å²) in [6.07, 6.45) is 11.8. The Hall–Kier alpha value is -1.89. The van der Waals surface area contributed by atoms with E-state index in [-0.39, 0.29) is 43.0 Å². The lowest BCUT2D eigenvalue weighted by atomic mass is 9.71. The van der Waals surface area contributed by atoms with Crippen molar-refractivity contribution in [2.24, 2.45) is 23.7 Å². The number of carbonyl (C=O) groups excluding carboxylic acids is 1. The number of hydrogen-bond acceptors (Lipinski definition) is 10. The van der Waals surface area contributed by atoms with Gasteiger partial charge in [-0.05, 0) is 68.6 Å². The average molecular weight is 715 g/mol. The third kappa shape index (κ3) is 8.00. The van der Waals surface area contributed by atoms with Crippen LogP contribution in [0.3, 0.4) is 0 Å². The molecule has 2 bridgehead atoms. The van der Waals surface area contributed by atoms with E-state index in [0.29, 0.717) is 55.1 Å². The van der Waals surface area contributed by atoms with Crippen LogP contribution >= 0.6 is 0 Å². The van der Waals surface area contributed by atoms with Gasteiger partial charge in [0.2, 0.25) is 0 Å². The van der Waals surface area contributed by atoms with Crippen LogP contribution < -0.4 is 0 Å². The van der Waals surface area contributed by atoms with Gasteiger partial charge in [-0.25, -0.2) is 0 Å². The standard InChI is InChI=1S/C41H62O10/c1-9-23(2)37-26(5)15-16-40(51-37)21-32-19-30(50-40)14-13-25(4)36(49-34-20-31(45-8)18-28(7)47-34)24(3)11-10-12-29-22-46-38-35(42)27(6)17-33(39(43)48-32)41(29,38)44/h10-13,17,23-24,26,28,30-38,42,44H,9,14-16,18-22H2,1-8H3/b11-10+,25-13+,29-12+/t23-,24-,26-,28-,30+,31+,32-,33?,34-,35+,36-,37?,38+,40+,41?/m0/s1. The molecule has 3 unspecified atom stereocenters. The molecule has 1 spiro atoms. The third-order valence-corrected chi connectivity index (χ3v) is 12.5. The van der Waals surface area contributed by atoms with Gasteiger partial charge in [-0.1, -0.05) is 64.5 Å². The second-order valence-electron chi connectivity index (χ2n) is 16.4. The first-order valence-electron chi connectivity index (χ1n) is 19.4. The molecule has 0 aromatic rings. The Kier molecular flexibility index (Phi) is 12.1. The maximum absolute atomic E-state index is 14.2. The van der Waals surface area contributed by atoms with Crippen molar-refractivity contribution in [1.29, 1.82) is 0 Å². The van der Waals surface area contributed by atoms with E-state index in [1.54, 1.807) is 20.1 Å². The first-order valence-corrected chi connectivity index (χ1v) is 19.4. The van der Waals surface area contributed by atoms with Gasteiger partial charge in [-0.15, -0.1) is 0 Å². The fraction of sp³-hybridized carbons (Fsp3) is 0.780. The molecule has 15 atom stereocenters. The quantitative estimate of drug-likeness (QED) is 0.256. The second kappa shape index (κ2) is 15.8. The van der Waals surface area contributed by atoms with Gasteiger partial charge in [0.25, 0.3) is 0 Å². The minimum atomic E-state index is -1.77. The summed E-state index contributed by atoms with van der Waals surface area (Å²) in [7, 11) is 1.73. The van der Waals surface area contributed by atoms with E-state index in [0.717, 1.165) is 24.8 Å². The summed E-state index contributed by atoms with van der Waals surface area (Å²) in [6.45, 7) is 14.7. The molecule has 0 aromatic carbocycles. The molecule has 2 N–H and O–H groups in total. The summed E-state index contributed by atoms with van der Waals surface area (Å²) in [5.41, 5.74) is 0.375. The summed E-state index contributed by atoms with van der Waals surface area (Å²) in [4.78, 5) is 14.2. The van der Waals surface area contributed by atoms with Crippen LogP contribution in [0.4, 0.5) is 0 Å². The van der Waals surface area contributed by atoms with Crippen molar-refractivity contribution in [2.75, 3.05) is 13.7 Å². The van der Waals surface area contributed by atoms with E-state index >= 15 is 0 Å². The number of aliphatic hydroxyl groups is 2. The van der Waals surface area contributed by atoms with Crippen molar-refractivity contribution >= 4 is 5.97 Å². The highest BCUT2D eigenvalue weighted by atomic mass is 16.7. The molecular formula is C41H62O10. The largest absolute Gasteiger partial charge is 0.462 e. The Morgan fingerprint density at radius 2 is 1.86 bits per heavy atom. The molecule has 0 amide bonds. The molecule has 0 saturated carbocycles. The van der Waals surface area contributed by atoms with Gasteiger partial charge < -0.3 is 43.4 Å². The molecule has 5 heterocycles. The van der Waals surface area contributed by atoms with E-state index in [2.05, 4.69) is 40.7 Å². The zero-order chi connectivity index (χ0) is 36.7. The number of ether oxygens (including phenoxy) is 7. The molecule has 4 fully saturated rings. The lowest BCUT2D eigenvalue weighted by molar-refractivity contribution is -0.340. The minimum absolute atomic E-state index is 0.0104. The van der Waals surface area contributed by atoms with E-state index in [4.69, 9.17) is 33.2 Å². The molecule has 6 rings (SSSR count). The second-order valence-corrected chi connectivity index (χ2v) is 16.4. The van der Waals surface area contributed by atoms with E-state index in [9.17, 15) is 15.0 Å². The van der Waals surface area contributed by atoms with Crippen molar-refractivity contribution in [1.82, 2.24) is 0 Å².